The Bertz CT molecular complexity index is 3420. The van der Waals surface area contributed by atoms with Gasteiger partial charge in [0.2, 0.25) is 0 Å². The van der Waals surface area contributed by atoms with E-state index in [0.717, 1.165) is 49.9 Å². The summed E-state index contributed by atoms with van der Waals surface area (Å²) >= 11 is 1.80. The Morgan fingerprint density at radius 1 is 0.386 bits per heavy atom. The van der Waals surface area contributed by atoms with Gasteiger partial charge in [0.15, 0.2) is 17.5 Å². The number of para-hydroxylation sites is 2. The maximum Gasteiger partial charge on any atom is 0.164 e. The van der Waals surface area contributed by atoms with E-state index in [2.05, 4.69) is 126 Å². The Kier molecular flexibility index (Phi) is 7.03. The predicted molar refractivity (Wildman–Crippen MR) is 236 cm³/mol. The second kappa shape index (κ2) is 12.6. The van der Waals surface area contributed by atoms with E-state index < -0.39 is 0 Å². The molecule has 0 saturated heterocycles. The first kappa shape index (κ1) is 31.9. The van der Waals surface area contributed by atoms with Crippen molar-refractivity contribution < 1.29 is 4.42 Å². The normalized spacial score (nSPS) is 11.9. The molecule has 0 aliphatic heterocycles. The second-order valence-corrected chi connectivity index (χ2v) is 15.5. The van der Waals surface area contributed by atoms with Crippen LogP contribution in [0.15, 0.2) is 186 Å². The number of rotatable bonds is 5. The molecule has 57 heavy (non-hydrogen) atoms. The molecule has 4 aromatic heterocycles. The van der Waals surface area contributed by atoms with Crippen molar-refractivity contribution in [1.82, 2.24) is 19.5 Å². The third kappa shape index (κ3) is 5.12. The van der Waals surface area contributed by atoms with Gasteiger partial charge in [0.25, 0.3) is 0 Å². The average Bonchev–Trinajstić information content (AvgIpc) is 3.95. The van der Waals surface area contributed by atoms with Crippen LogP contribution in [-0.4, -0.2) is 19.5 Å². The molecular weight excluding hydrogens is 717 g/mol. The first-order valence-electron chi connectivity index (χ1n) is 19.0. The van der Waals surface area contributed by atoms with Crippen LogP contribution in [-0.2, 0) is 0 Å². The molecular formula is C51H30N4OS. The zero-order valence-electron chi connectivity index (χ0n) is 30.4. The van der Waals surface area contributed by atoms with Crippen molar-refractivity contribution in [2.45, 2.75) is 0 Å². The van der Waals surface area contributed by atoms with Crippen molar-refractivity contribution in [3.63, 3.8) is 0 Å². The first-order valence-corrected chi connectivity index (χ1v) is 19.8. The molecule has 4 heterocycles. The maximum absolute atomic E-state index is 6.55. The molecule has 12 aromatic rings. The second-order valence-electron chi connectivity index (χ2n) is 14.4. The van der Waals surface area contributed by atoms with Crippen LogP contribution >= 0.6 is 11.3 Å². The van der Waals surface area contributed by atoms with Gasteiger partial charge >= 0.3 is 0 Å². The van der Waals surface area contributed by atoms with Crippen LogP contribution in [0.5, 0.6) is 0 Å². The number of furan rings is 1. The van der Waals surface area contributed by atoms with Crippen molar-refractivity contribution in [2.24, 2.45) is 0 Å². The molecule has 0 radical (unpaired) electrons. The Morgan fingerprint density at radius 2 is 1.00 bits per heavy atom. The lowest BCUT2D eigenvalue weighted by Crippen LogP contribution is -1.99. The summed E-state index contributed by atoms with van der Waals surface area (Å²) in [5.41, 5.74) is 10.4. The van der Waals surface area contributed by atoms with E-state index in [1.807, 2.05) is 60.7 Å². The maximum atomic E-state index is 6.55. The predicted octanol–water partition coefficient (Wildman–Crippen LogP) is 13.9. The van der Waals surface area contributed by atoms with Crippen LogP contribution in [0.1, 0.15) is 0 Å². The average molecular weight is 747 g/mol. The lowest BCUT2D eigenvalue weighted by atomic mass is 9.97. The minimum atomic E-state index is 0.654. The highest BCUT2D eigenvalue weighted by atomic mass is 32.1. The lowest BCUT2D eigenvalue weighted by molar-refractivity contribution is 0.668. The highest BCUT2D eigenvalue weighted by Gasteiger charge is 2.18. The standard InChI is InChI=1S/C51H30N4OS/c1-3-12-31(13-4-1)49-52-50(32-14-5-2-6-15-32)54-51(53-49)34-22-25-40-47(29-34)57-46-21-11-18-36(48(40)46)33-23-27-44-41(28-33)39-26-24-35(30-45(39)56-44)55-42-19-9-7-16-37(42)38-17-8-10-20-43(38)55/h1-30H. The van der Waals surface area contributed by atoms with Crippen molar-refractivity contribution in [3.05, 3.63) is 182 Å². The Morgan fingerprint density at radius 3 is 1.70 bits per heavy atom. The monoisotopic (exact) mass is 746 g/mol. The molecule has 6 heteroatoms. The van der Waals surface area contributed by atoms with Crippen molar-refractivity contribution in [3.8, 4) is 51.0 Å². The van der Waals surface area contributed by atoms with Gasteiger partial charge in [-0.2, -0.15) is 0 Å². The minimum Gasteiger partial charge on any atom is -0.456 e. The Hall–Kier alpha value is -7.41. The van der Waals surface area contributed by atoms with E-state index in [0.29, 0.717) is 17.5 Å². The number of thiophene rings is 1. The molecule has 0 aliphatic carbocycles. The van der Waals surface area contributed by atoms with Gasteiger partial charge in [0, 0.05) is 70.2 Å². The van der Waals surface area contributed by atoms with E-state index in [-0.39, 0.29) is 0 Å². The highest BCUT2D eigenvalue weighted by molar-refractivity contribution is 7.26. The fourth-order valence-corrected chi connectivity index (χ4v) is 9.59. The molecule has 5 nitrogen and oxygen atoms in total. The molecule has 0 amide bonds. The third-order valence-electron chi connectivity index (χ3n) is 11.1. The summed E-state index contributed by atoms with van der Waals surface area (Å²) in [6.45, 7) is 0. The van der Waals surface area contributed by atoms with Crippen molar-refractivity contribution >= 4 is 75.3 Å². The number of hydrogen-bond donors (Lipinski definition) is 0. The lowest BCUT2D eigenvalue weighted by Gasteiger charge is -2.09. The van der Waals surface area contributed by atoms with E-state index in [1.54, 1.807) is 11.3 Å². The van der Waals surface area contributed by atoms with Crippen LogP contribution in [0.4, 0.5) is 0 Å². The van der Waals surface area contributed by atoms with Crippen LogP contribution in [0.3, 0.4) is 0 Å². The zero-order chi connectivity index (χ0) is 37.5. The first-order chi connectivity index (χ1) is 28.2. The van der Waals surface area contributed by atoms with Crippen molar-refractivity contribution in [1.29, 1.82) is 0 Å². The summed E-state index contributed by atoms with van der Waals surface area (Å²) in [4.78, 5) is 14.9. The summed E-state index contributed by atoms with van der Waals surface area (Å²) in [5.74, 6) is 1.97. The van der Waals surface area contributed by atoms with Crippen LogP contribution in [0, 0.1) is 0 Å². The fourth-order valence-electron chi connectivity index (χ4n) is 8.42. The molecule has 266 valence electrons. The molecule has 12 rings (SSSR count). The van der Waals surface area contributed by atoms with Gasteiger partial charge in [0.05, 0.1) is 11.0 Å². The van der Waals surface area contributed by atoms with Gasteiger partial charge in [-0.25, -0.2) is 15.0 Å². The Balaban J connectivity index is 0.964. The highest BCUT2D eigenvalue weighted by Crippen LogP contribution is 2.43. The van der Waals surface area contributed by atoms with Gasteiger partial charge in [-0.05, 0) is 59.7 Å². The SMILES string of the molecule is c1ccc(-c2nc(-c3ccccc3)nc(-c3ccc4c(c3)sc3cccc(-c5ccc6oc7cc(-n8c9ccccc9c9ccccc98)ccc7c6c5)c34)n2)cc1. The molecule has 8 aromatic carbocycles. The molecule has 0 aliphatic rings. The largest absolute Gasteiger partial charge is 0.456 e. The smallest absolute Gasteiger partial charge is 0.164 e. The van der Waals surface area contributed by atoms with E-state index in [9.17, 15) is 0 Å². The van der Waals surface area contributed by atoms with Gasteiger partial charge in [-0.1, -0.05) is 127 Å². The van der Waals surface area contributed by atoms with E-state index >= 15 is 0 Å². The van der Waals surface area contributed by atoms with Crippen LogP contribution < -0.4 is 0 Å². The number of benzene rings is 8. The van der Waals surface area contributed by atoms with Crippen LogP contribution in [0.25, 0.3) is 115 Å². The minimum absolute atomic E-state index is 0.654. The fraction of sp³-hybridized carbons (Fsp3) is 0. The van der Waals surface area contributed by atoms with Gasteiger partial charge in [0.1, 0.15) is 11.2 Å². The molecule has 0 unspecified atom stereocenters. The molecule has 0 spiro atoms. The zero-order valence-corrected chi connectivity index (χ0v) is 31.2. The van der Waals surface area contributed by atoms with Crippen LogP contribution in [0.2, 0.25) is 0 Å². The molecule has 0 fully saturated rings. The number of hydrogen-bond acceptors (Lipinski definition) is 5. The summed E-state index contributed by atoms with van der Waals surface area (Å²) in [6.07, 6.45) is 0. The third-order valence-corrected chi connectivity index (χ3v) is 12.2. The van der Waals surface area contributed by atoms with Gasteiger partial charge in [-0.3, -0.25) is 0 Å². The van der Waals surface area contributed by atoms with Gasteiger partial charge < -0.3 is 8.98 Å². The molecule has 0 saturated carbocycles. The summed E-state index contributed by atoms with van der Waals surface area (Å²) in [5, 5.41) is 7.15. The quantitative estimate of drug-likeness (QED) is 0.176. The molecule has 0 bridgehead atoms. The summed E-state index contributed by atoms with van der Waals surface area (Å²) < 4.78 is 11.3. The Labute approximate surface area is 330 Å². The van der Waals surface area contributed by atoms with Crippen molar-refractivity contribution in [2.75, 3.05) is 0 Å². The molecule has 0 N–H and O–H groups in total. The number of nitrogens with zero attached hydrogens (tertiary/aromatic N) is 4. The summed E-state index contributed by atoms with van der Waals surface area (Å²) in [7, 11) is 0. The van der Waals surface area contributed by atoms with E-state index in [4.69, 9.17) is 19.4 Å². The molecule has 0 atom stereocenters. The van der Waals surface area contributed by atoms with E-state index in [1.165, 1.54) is 47.5 Å². The number of fused-ring (bicyclic) bond motifs is 9. The number of aromatic nitrogens is 4. The summed E-state index contributed by atoms with van der Waals surface area (Å²) in [6, 6.07) is 63.8. The topological polar surface area (TPSA) is 56.7 Å². The van der Waals surface area contributed by atoms with Gasteiger partial charge in [-0.15, -0.1) is 11.3 Å².